The van der Waals surface area contributed by atoms with E-state index in [1.54, 1.807) is 13.8 Å². The maximum Gasteiger partial charge on any atom is 0.159 e. The molecule has 0 radical (unpaired) electrons. The molecule has 4 aromatic carbocycles. The van der Waals surface area contributed by atoms with Crippen molar-refractivity contribution < 1.29 is 9.59 Å². The highest BCUT2D eigenvalue weighted by Gasteiger charge is 2.16. The van der Waals surface area contributed by atoms with E-state index in [1.165, 1.54) is 0 Å². The lowest BCUT2D eigenvalue weighted by Gasteiger charge is -2.18. The molecule has 0 saturated heterocycles. The SMILES string of the molecule is CC(=O)c1ccc(/C(=C(\c2ccccc2)c2ccc(C(C)=O)cc2)c2ccccc2)cc1. The number of Topliss-reactive ketones (excluding diaryl/α,β-unsaturated/α-hetero) is 2. The van der Waals surface area contributed by atoms with Crippen molar-refractivity contribution in [3.05, 3.63) is 143 Å². The number of hydrogen-bond acceptors (Lipinski definition) is 2. The van der Waals surface area contributed by atoms with Crippen molar-refractivity contribution in [3.8, 4) is 0 Å². The molecule has 4 aromatic rings. The van der Waals surface area contributed by atoms with Crippen LogP contribution in [0.15, 0.2) is 109 Å². The van der Waals surface area contributed by atoms with Gasteiger partial charge >= 0.3 is 0 Å². The molecule has 0 amide bonds. The summed E-state index contributed by atoms with van der Waals surface area (Å²) in [5, 5.41) is 0. The van der Waals surface area contributed by atoms with E-state index in [2.05, 4.69) is 24.3 Å². The monoisotopic (exact) mass is 416 g/mol. The molecule has 0 spiro atoms. The predicted octanol–water partition coefficient (Wildman–Crippen LogP) is 7.10. The zero-order chi connectivity index (χ0) is 22.5. The summed E-state index contributed by atoms with van der Waals surface area (Å²) in [4.78, 5) is 23.6. The molecule has 0 atom stereocenters. The van der Waals surface area contributed by atoms with Crippen LogP contribution in [0.1, 0.15) is 56.8 Å². The Hall–Kier alpha value is -4.04. The van der Waals surface area contributed by atoms with Gasteiger partial charge in [-0.15, -0.1) is 0 Å². The van der Waals surface area contributed by atoms with Crippen molar-refractivity contribution in [3.63, 3.8) is 0 Å². The number of benzene rings is 4. The van der Waals surface area contributed by atoms with Gasteiger partial charge in [-0.1, -0.05) is 109 Å². The van der Waals surface area contributed by atoms with Gasteiger partial charge in [-0.05, 0) is 47.2 Å². The van der Waals surface area contributed by atoms with Crippen LogP contribution in [0.5, 0.6) is 0 Å². The van der Waals surface area contributed by atoms with E-state index in [1.807, 2.05) is 84.9 Å². The van der Waals surface area contributed by atoms with E-state index < -0.39 is 0 Å². The topological polar surface area (TPSA) is 34.1 Å². The molecule has 0 aromatic heterocycles. The molecule has 0 saturated carbocycles. The molecule has 4 rings (SSSR count). The van der Waals surface area contributed by atoms with E-state index >= 15 is 0 Å². The molecule has 0 bridgehead atoms. The lowest BCUT2D eigenvalue weighted by molar-refractivity contribution is 0.100. The Kier molecular flexibility index (Phi) is 6.23. The summed E-state index contributed by atoms with van der Waals surface area (Å²) in [7, 11) is 0. The van der Waals surface area contributed by atoms with Crippen LogP contribution in [0.2, 0.25) is 0 Å². The molecule has 0 N–H and O–H groups in total. The van der Waals surface area contributed by atoms with E-state index in [4.69, 9.17) is 0 Å². The van der Waals surface area contributed by atoms with Crippen molar-refractivity contribution in [1.82, 2.24) is 0 Å². The summed E-state index contributed by atoms with van der Waals surface area (Å²) in [6, 6.07) is 36.0. The lowest BCUT2D eigenvalue weighted by Crippen LogP contribution is -1.99. The first kappa shape index (κ1) is 21.2. The smallest absolute Gasteiger partial charge is 0.159 e. The van der Waals surface area contributed by atoms with Crippen LogP contribution < -0.4 is 0 Å². The first-order valence-corrected chi connectivity index (χ1v) is 10.6. The van der Waals surface area contributed by atoms with Gasteiger partial charge in [-0.3, -0.25) is 9.59 Å². The van der Waals surface area contributed by atoms with Gasteiger partial charge in [0.25, 0.3) is 0 Å². The molecular weight excluding hydrogens is 392 g/mol. The van der Waals surface area contributed by atoms with E-state index in [9.17, 15) is 9.59 Å². The van der Waals surface area contributed by atoms with Crippen molar-refractivity contribution in [2.75, 3.05) is 0 Å². The molecule has 32 heavy (non-hydrogen) atoms. The Morgan fingerprint density at radius 2 is 0.625 bits per heavy atom. The van der Waals surface area contributed by atoms with Crippen LogP contribution in [-0.4, -0.2) is 11.6 Å². The van der Waals surface area contributed by atoms with Crippen molar-refractivity contribution in [2.24, 2.45) is 0 Å². The van der Waals surface area contributed by atoms with Crippen molar-refractivity contribution in [1.29, 1.82) is 0 Å². The fourth-order valence-corrected chi connectivity index (χ4v) is 3.86. The number of hydrogen-bond donors (Lipinski definition) is 0. The normalized spacial score (nSPS) is 11.6. The molecule has 2 nitrogen and oxygen atoms in total. The van der Waals surface area contributed by atoms with Crippen LogP contribution >= 0.6 is 0 Å². The summed E-state index contributed by atoms with van der Waals surface area (Å²) in [5.41, 5.74) is 7.73. The minimum atomic E-state index is 0.0462. The lowest BCUT2D eigenvalue weighted by atomic mass is 9.85. The molecule has 0 unspecified atom stereocenters. The zero-order valence-electron chi connectivity index (χ0n) is 18.2. The number of carbonyl (C=O) groups is 2. The van der Waals surface area contributed by atoms with E-state index in [0.29, 0.717) is 11.1 Å². The fraction of sp³-hybridized carbons (Fsp3) is 0.0667. The Morgan fingerprint density at radius 3 is 0.906 bits per heavy atom. The van der Waals surface area contributed by atoms with Crippen molar-refractivity contribution >= 4 is 22.7 Å². The van der Waals surface area contributed by atoms with E-state index in [-0.39, 0.29) is 11.6 Å². The third-order valence-electron chi connectivity index (χ3n) is 5.54. The molecule has 156 valence electrons. The number of ketones is 2. The molecular formula is C30H24O2. The maximum atomic E-state index is 11.8. The highest BCUT2D eigenvalue weighted by molar-refractivity contribution is 6.05. The Bertz CT molecular complexity index is 1160. The van der Waals surface area contributed by atoms with Gasteiger partial charge in [0, 0.05) is 11.1 Å². The largest absolute Gasteiger partial charge is 0.295 e. The van der Waals surface area contributed by atoms with Gasteiger partial charge in [0.2, 0.25) is 0 Å². The second-order valence-corrected chi connectivity index (χ2v) is 7.75. The molecule has 0 heterocycles. The molecule has 0 aliphatic carbocycles. The van der Waals surface area contributed by atoms with Gasteiger partial charge in [-0.25, -0.2) is 0 Å². The standard InChI is InChI=1S/C30H24O2/c1-21(31)23-13-17-27(18-14-23)29(25-9-5-3-6-10-25)30(26-11-7-4-8-12-26)28-19-15-24(16-20-28)22(2)32/h3-20H,1-2H3/b30-29+. The molecule has 2 heteroatoms. The highest BCUT2D eigenvalue weighted by atomic mass is 16.1. The van der Waals surface area contributed by atoms with Crippen LogP contribution in [0, 0.1) is 0 Å². The first-order chi connectivity index (χ1) is 15.5. The van der Waals surface area contributed by atoms with Gasteiger partial charge in [0.15, 0.2) is 11.6 Å². The third kappa shape index (κ3) is 4.50. The van der Waals surface area contributed by atoms with Gasteiger partial charge in [-0.2, -0.15) is 0 Å². The maximum absolute atomic E-state index is 11.8. The quantitative estimate of drug-likeness (QED) is 0.248. The zero-order valence-corrected chi connectivity index (χ0v) is 18.2. The van der Waals surface area contributed by atoms with Crippen LogP contribution in [-0.2, 0) is 0 Å². The van der Waals surface area contributed by atoms with Crippen molar-refractivity contribution in [2.45, 2.75) is 13.8 Å². The minimum absolute atomic E-state index is 0.0462. The summed E-state index contributed by atoms with van der Waals surface area (Å²) in [5.74, 6) is 0.0924. The molecule has 0 aliphatic rings. The second kappa shape index (κ2) is 9.40. The van der Waals surface area contributed by atoms with E-state index in [0.717, 1.165) is 33.4 Å². The fourth-order valence-electron chi connectivity index (χ4n) is 3.86. The van der Waals surface area contributed by atoms with Gasteiger partial charge < -0.3 is 0 Å². The first-order valence-electron chi connectivity index (χ1n) is 10.6. The third-order valence-corrected chi connectivity index (χ3v) is 5.54. The second-order valence-electron chi connectivity index (χ2n) is 7.75. The Labute approximate surface area is 188 Å². The Balaban J connectivity index is 2.03. The minimum Gasteiger partial charge on any atom is -0.295 e. The summed E-state index contributed by atoms with van der Waals surface area (Å²) < 4.78 is 0. The van der Waals surface area contributed by atoms with Crippen LogP contribution in [0.3, 0.4) is 0 Å². The van der Waals surface area contributed by atoms with Gasteiger partial charge in [0.05, 0.1) is 0 Å². The van der Waals surface area contributed by atoms with Crippen LogP contribution in [0.4, 0.5) is 0 Å². The van der Waals surface area contributed by atoms with Gasteiger partial charge in [0.1, 0.15) is 0 Å². The molecule has 0 aliphatic heterocycles. The summed E-state index contributed by atoms with van der Waals surface area (Å²) in [6.07, 6.45) is 0. The average molecular weight is 417 g/mol. The molecule has 0 fully saturated rings. The predicted molar refractivity (Wildman–Crippen MR) is 131 cm³/mol. The number of rotatable bonds is 6. The van der Waals surface area contributed by atoms with Crippen LogP contribution in [0.25, 0.3) is 11.1 Å². The summed E-state index contributed by atoms with van der Waals surface area (Å²) >= 11 is 0. The number of carbonyl (C=O) groups excluding carboxylic acids is 2. The highest BCUT2D eigenvalue weighted by Crippen LogP contribution is 2.37. The Morgan fingerprint density at radius 1 is 0.375 bits per heavy atom. The summed E-state index contributed by atoms with van der Waals surface area (Å²) in [6.45, 7) is 3.16. The average Bonchev–Trinajstić information content (AvgIpc) is 2.84.